The van der Waals surface area contributed by atoms with Gasteiger partial charge in [-0.25, -0.2) is 4.79 Å². The van der Waals surface area contributed by atoms with Crippen molar-refractivity contribution in [3.63, 3.8) is 0 Å². The molecule has 3 aromatic rings. The number of amides is 2. The van der Waals surface area contributed by atoms with E-state index in [2.05, 4.69) is 5.32 Å². The van der Waals surface area contributed by atoms with Crippen molar-refractivity contribution < 1.29 is 23.9 Å². The van der Waals surface area contributed by atoms with E-state index in [0.717, 1.165) is 12.1 Å². The van der Waals surface area contributed by atoms with E-state index in [4.69, 9.17) is 9.47 Å². The van der Waals surface area contributed by atoms with Gasteiger partial charge >= 0.3 is 5.97 Å². The molecule has 1 aliphatic rings. The number of hydrogen-bond acceptors (Lipinski definition) is 5. The second-order valence-corrected chi connectivity index (χ2v) is 7.81. The average Bonchev–Trinajstić information content (AvgIpc) is 3.30. The Morgan fingerprint density at radius 2 is 1.68 bits per heavy atom. The molecule has 0 spiro atoms. The molecule has 7 heteroatoms. The van der Waals surface area contributed by atoms with Gasteiger partial charge in [-0.3, -0.25) is 9.59 Å². The summed E-state index contributed by atoms with van der Waals surface area (Å²) >= 11 is 0. The van der Waals surface area contributed by atoms with Gasteiger partial charge in [0.15, 0.2) is 0 Å². The van der Waals surface area contributed by atoms with E-state index in [0.29, 0.717) is 42.1 Å². The minimum absolute atomic E-state index is 0.0727. The Hall–Kier alpha value is -4.13. The van der Waals surface area contributed by atoms with Crippen LogP contribution in [0.1, 0.15) is 41.8 Å². The van der Waals surface area contributed by atoms with Gasteiger partial charge in [0.05, 0.1) is 17.9 Å². The quantitative estimate of drug-likeness (QED) is 0.493. The van der Waals surface area contributed by atoms with Gasteiger partial charge in [-0.05, 0) is 49.7 Å². The van der Waals surface area contributed by atoms with Crippen molar-refractivity contribution in [2.24, 2.45) is 0 Å². The second-order valence-electron chi connectivity index (χ2n) is 7.81. The van der Waals surface area contributed by atoms with Crippen LogP contribution in [0.4, 0.5) is 11.4 Å². The van der Waals surface area contributed by atoms with Crippen molar-refractivity contribution in [1.82, 2.24) is 0 Å². The van der Waals surface area contributed by atoms with Crippen molar-refractivity contribution in [2.75, 3.05) is 23.4 Å². The number of nitrogens with one attached hydrogen (secondary N) is 1. The summed E-state index contributed by atoms with van der Waals surface area (Å²) in [6.07, 6.45) is 0.190. The standard InChI is InChI=1S/C27H26N2O5/c1-2-33-23-12-7-6-11-22(23)28-26(31)25(19-9-4-3-5-10-19)34-27(32)20-14-16-21(17-15-20)29-18-8-13-24(29)30/h3-7,9-12,14-17,25H,2,8,13,18H2,1H3,(H,28,31). The van der Waals surface area contributed by atoms with E-state index in [9.17, 15) is 14.4 Å². The summed E-state index contributed by atoms with van der Waals surface area (Å²) in [5.41, 5.74) is 2.07. The minimum atomic E-state index is -1.16. The minimum Gasteiger partial charge on any atom is -0.492 e. The lowest BCUT2D eigenvalue weighted by Gasteiger charge is -2.20. The normalized spacial score (nSPS) is 13.9. The zero-order chi connectivity index (χ0) is 23.9. The van der Waals surface area contributed by atoms with Gasteiger partial charge in [0, 0.05) is 24.2 Å². The average molecular weight is 459 g/mol. The number of benzene rings is 3. The first-order chi connectivity index (χ1) is 16.6. The van der Waals surface area contributed by atoms with E-state index in [1.165, 1.54) is 0 Å². The molecule has 2 amide bonds. The van der Waals surface area contributed by atoms with Crippen LogP contribution in [0.15, 0.2) is 78.9 Å². The van der Waals surface area contributed by atoms with Crippen LogP contribution in [-0.4, -0.2) is 30.9 Å². The predicted molar refractivity (Wildman–Crippen MR) is 129 cm³/mol. The van der Waals surface area contributed by atoms with Gasteiger partial charge in [-0.15, -0.1) is 0 Å². The molecule has 1 N–H and O–H groups in total. The number of hydrogen-bond donors (Lipinski definition) is 1. The predicted octanol–water partition coefficient (Wildman–Crippen LogP) is 4.75. The van der Waals surface area contributed by atoms with Crippen LogP contribution in [0.25, 0.3) is 0 Å². The SMILES string of the molecule is CCOc1ccccc1NC(=O)C(OC(=O)c1ccc(N2CCCC2=O)cc1)c1ccccc1. The number of esters is 1. The van der Waals surface area contributed by atoms with Crippen molar-refractivity contribution in [1.29, 1.82) is 0 Å². The highest BCUT2D eigenvalue weighted by Gasteiger charge is 2.27. The molecule has 0 saturated carbocycles. The van der Waals surface area contributed by atoms with Gasteiger partial charge in [0.25, 0.3) is 5.91 Å². The topological polar surface area (TPSA) is 84.9 Å². The van der Waals surface area contributed by atoms with Crippen LogP contribution in [0.5, 0.6) is 5.75 Å². The third kappa shape index (κ3) is 5.26. The maximum Gasteiger partial charge on any atom is 0.339 e. The Bertz CT molecular complexity index is 1160. The molecule has 7 nitrogen and oxygen atoms in total. The molecular weight excluding hydrogens is 432 g/mol. The highest BCUT2D eigenvalue weighted by molar-refractivity contribution is 5.99. The summed E-state index contributed by atoms with van der Waals surface area (Å²) in [5, 5.41) is 2.82. The highest BCUT2D eigenvalue weighted by Crippen LogP contribution is 2.28. The molecule has 1 unspecified atom stereocenters. The summed E-state index contributed by atoms with van der Waals surface area (Å²) in [7, 11) is 0. The summed E-state index contributed by atoms with van der Waals surface area (Å²) in [5.74, 6) is -0.528. The van der Waals surface area contributed by atoms with Crippen LogP contribution in [-0.2, 0) is 14.3 Å². The van der Waals surface area contributed by atoms with Crippen molar-refractivity contribution in [3.8, 4) is 5.75 Å². The molecule has 1 saturated heterocycles. The molecule has 1 heterocycles. The van der Waals surface area contributed by atoms with Crippen molar-refractivity contribution in [2.45, 2.75) is 25.9 Å². The third-order valence-corrected chi connectivity index (χ3v) is 5.50. The van der Waals surface area contributed by atoms with E-state index in [1.54, 1.807) is 71.6 Å². The molecule has 1 atom stereocenters. The molecule has 0 bridgehead atoms. The molecule has 34 heavy (non-hydrogen) atoms. The number of ether oxygens (including phenoxy) is 2. The Labute approximate surface area is 198 Å². The van der Waals surface area contributed by atoms with Crippen LogP contribution in [0.2, 0.25) is 0 Å². The lowest BCUT2D eigenvalue weighted by atomic mass is 10.1. The lowest BCUT2D eigenvalue weighted by Crippen LogP contribution is -2.26. The third-order valence-electron chi connectivity index (χ3n) is 5.50. The summed E-state index contributed by atoms with van der Waals surface area (Å²) in [4.78, 5) is 39.8. The number of carbonyl (C=O) groups is 3. The van der Waals surface area contributed by atoms with E-state index >= 15 is 0 Å². The number of anilines is 2. The largest absolute Gasteiger partial charge is 0.492 e. The molecule has 3 aromatic carbocycles. The van der Waals surface area contributed by atoms with Gasteiger partial charge in [0.2, 0.25) is 12.0 Å². The van der Waals surface area contributed by atoms with Gasteiger partial charge in [-0.1, -0.05) is 42.5 Å². The number of rotatable bonds is 8. The second kappa shape index (κ2) is 10.7. The van der Waals surface area contributed by atoms with Crippen molar-refractivity contribution in [3.05, 3.63) is 90.0 Å². The van der Waals surface area contributed by atoms with Crippen LogP contribution in [0, 0.1) is 0 Å². The van der Waals surface area contributed by atoms with Gasteiger partial charge < -0.3 is 19.7 Å². The molecule has 0 aromatic heterocycles. The Kier molecular flexibility index (Phi) is 7.22. The fraction of sp³-hybridized carbons (Fsp3) is 0.222. The molecule has 0 aliphatic carbocycles. The van der Waals surface area contributed by atoms with Crippen LogP contribution >= 0.6 is 0 Å². The van der Waals surface area contributed by atoms with E-state index in [-0.39, 0.29) is 5.91 Å². The highest BCUT2D eigenvalue weighted by atomic mass is 16.5. The van der Waals surface area contributed by atoms with Gasteiger partial charge in [0.1, 0.15) is 5.75 Å². The molecule has 1 aliphatic heterocycles. The van der Waals surface area contributed by atoms with Crippen LogP contribution < -0.4 is 15.0 Å². The molecule has 1 fully saturated rings. The number of nitrogens with zero attached hydrogens (tertiary/aromatic N) is 1. The monoisotopic (exact) mass is 458 g/mol. The summed E-state index contributed by atoms with van der Waals surface area (Å²) in [6, 6.07) is 22.6. The smallest absolute Gasteiger partial charge is 0.339 e. The summed E-state index contributed by atoms with van der Waals surface area (Å²) in [6.45, 7) is 2.98. The first kappa shape index (κ1) is 23.0. The van der Waals surface area contributed by atoms with Crippen molar-refractivity contribution >= 4 is 29.2 Å². The van der Waals surface area contributed by atoms with E-state index < -0.39 is 18.0 Å². The fourth-order valence-electron chi connectivity index (χ4n) is 3.82. The molecule has 174 valence electrons. The first-order valence-electron chi connectivity index (χ1n) is 11.3. The van der Waals surface area contributed by atoms with Gasteiger partial charge in [-0.2, -0.15) is 0 Å². The Morgan fingerprint density at radius 1 is 0.971 bits per heavy atom. The summed E-state index contributed by atoms with van der Waals surface area (Å²) < 4.78 is 11.3. The zero-order valence-electron chi connectivity index (χ0n) is 18.9. The molecule has 0 radical (unpaired) electrons. The lowest BCUT2D eigenvalue weighted by molar-refractivity contribution is -0.125. The number of carbonyl (C=O) groups excluding carboxylic acids is 3. The Balaban J connectivity index is 1.53. The molecule has 4 rings (SSSR count). The first-order valence-corrected chi connectivity index (χ1v) is 11.3. The Morgan fingerprint density at radius 3 is 2.35 bits per heavy atom. The maximum absolute atomic E-state index is 13.2. The zero-order valence-corrected chi connectivity index (χ0v) is 18.9. The van der Waals surface area contributed by atoms with Crippen LogP contribution in [0.3, 0.4) is 0 Å². The molecular formula is C27H26N2O5. The number of para-hydroxylation sites is 2. The fourth-order valence-corrected chi connectivity index (χ4v) is 3.82. The maximum atomic E-state index is 13.2. The van der Waals surface area contributed by atoms with E-state index in [1.807, 2.05) is 19.1 Å².